The molecule has 3 rings (SSSR count). The fourth-order valence-corrected chi connectivity index (χ4v) is 2.35. The summed E-state index contributed by atoms with van der Waals surface area (Å²) in [5, 5.41) is 6.70. The van der Waals surface area contributed by atoms with Crippen molar-refractivity contribution in [2.24, 2.45) is 11.1 Å². The van der Waals surface area contributed by atoms with Gasteiger partial charge in [-0.3, -0.25) is 4.79 Å². The lowest BCUT2D eigenvalue weighted by Crippen LogP contribution is -2.22. The van der Waals surface area contributed by atoms with Crippen molar-refractivity contribution < 1.29 is 14.4 Å². The van der Waals surface area contributed by atoms with Crippen molar-refractivity contribution in [1.29, 1.82) is 0 Å². The summed E-state index contributed by atoms with van der Waals surface area (Å²) < 4.78 is 5.52. The fraction of sp³-hybridized carbons (Fsp3) is 0.316. The van der Waals surface area contributed by atoms with E-state index in [1.54, 1.807) is 18.3 Å². The molecule has 0 saturated heterocycles. The molecule has 1 aliphatic heterocycles. The quantitative estimate of drug-likeness (QED) is 0.873. The average Bonchev–Trinajstić information content (AvgIpc) is 3.12. The van der Waals surface area contributed by atoms with Crippen LogP contribution in [0.15, 0.2) is 53.8 Å². The third kappa shape index (κ3) is 4.56. The molecule has 0 bridgehead atoms. The second kappa shape index (κ2) is 7.79. The van der Waals surface area contributed by atoms with E-state index in [0.717, 1.165) is 5.56 Å². The number of pyridine rings is 1. The van der Waals surface area contributed by atoms with E-state index in [4.69, 9.17) is 9.57 Å². The molecule has 2 aromatic rings. The predicted octanol–water partition coefficient (Wildman–Crippen LogP) is 3.57. The fourth-order valence-electron chi connectivity index (χ4n) is 2.35. The van der Waals surface area contributed by atoms with Gasteiger partial charge in [0.2, 0.25) is 5.88 Å². The second-order valence-electron chi connectivity index (χ2n) is 6.29. The van der Waals surface area contributed by atoms with Crippen molar-refractivity contribution in [3.8, 4) is 5.88 Å². The van der Waals surface area contributed by atoms with Gasteiger partial charge in [0.25, 0.3) is 5.91 Å². The molecule has 1 amide bonds. The minimum Gasteiger partial charge on any atom is -0.477 e. The Morgan fingerprint density at radius 3 is 2.76 bits per heavy atom. The lowest BCUT2D eigenvalue weighted by molar-refractivity contribution is -0.110. The van der Waals surface area contributed by atoms with Gasteiger partial charge in [0.15, 0.2) is 6.10 Å². The average molecular weight is 339 g/mol. The second-order valence-corrected chi connectivity index (χ2v) is 6.29. The minimum absolute atomic E-state index is 0.216. The van der Waals surface area contributed by atoms with E-state index >= 15 is 0 Å². The first-order valence-electron chi connectivity index (χ1n) is 8.29. The van der Waals surface area contributed by atoms with E-state index in [9.17, 15) is 4.79 Å². The van der Waals surface area contributed by atoms with Crippen molar-refractivity contribution in [1.82, 2.24) is 4.98 Å². The first-order valence-corrected chi connectivity index (χ1v) is 8.29. The molecule has 25 heavy (non-hydrogen) atoms. The van der Waals surface area contributed by atoms with Gasteiger partial charge in [0, 0.05) is 12.5 Å². The number of rotatable bonds is 6. The van der Waals surface area contributed by atoms with Crippen LogP contribution in [0.25, 0.3) is 0 Å². The van der Waals surface area contributed by atoms with Gasteiger partial charge in [-0.05, 0) is 17.5 Å². The molecule has 1 atom stereocenters. The van der Waals surface area contributed by atoms with Crippen molar-refractivity contribution >= 4 is 17.3 Å². The van der Waals surface area contributed by atoms with E-state index in [0.29, 0.717) is 36.2 Å². The molecule has 0 radical (unpaired) electrons. The van der Waals surface area contributed by atoms with Crippen molar-refractivity contribution in [2.75, 3.05) is 11.9 Å². The summed E-state index contributed by atoms with van der Waals surface area (Å²) in [6, 6.07) is 13.2. The zero-order valence-electron chi connectivity index (χ0n) is 14.3. The van der Waals surface area contributed by atoms with Gasteiger partial charge in [-0.25, -0.2) is 4.98 Å². The molecular weight excluding hydrogens is 318 g/mol. The monoisotopic (exact) mass is 339 g/mol. The molecule has 1 aliphatic rings. The molecule has 0 spiro atoms. The number of ether oxygens (including phenoxy) is 1. The lowest BCUT2D eigenvalue weighted by Gasteiger charge is -2.09. The third-order valence-corrected chi connectivity index (χ3v) is 3.66. The number of amides is 1. The topological polar surface area (TPSA) is 72.8 Å². The molecule has 0 saturated carbocycles. The number of carbonyl (C=O) groups is 1. The highest BCUT2D eigenvalue weighted by Gasteiger charge is 2.27. The number of hydrogen-bond acceptors (Lipinski definition) is 5. The number of carbonyl (C=O) groups excluding carboxylic acids is 1. The van der Waals surface area contributed by atoms with Crippen molar-refractivity contribution in [3.05, 3.63) is 54.2 Å². The summed E-state index contributed by atoms with van der Waals surface area (Å²) in [5.74, 6) is 0.688. The van der Waals surface area contributed by atoms with Crippen molar-refractivity contribution in [2.45, 2.75) is 26.4 Å². The Morgan fingerprint density at radius 1 is 1.28 bits per heavy atom. The molecule has 6 heteroatoms. The number of oxime groups is 1. The molecule has 0 fully saturated rings. The number of nitrogens with zero attached hydrogens (tertiary/aromatic N) is 2. The molecule has 130 valence electrons. The summed E-state index contributed by atoms with van der Waals surface area (Å²) in [6.07, 6.45) is 1.80. The number of benzene rings is 1. The Balaban J connectivity index is 1.54. The van der Waals surface area contributed by atoms with Crippen LogP contribution in [0.4, 0.5) is 5.69 Å². The number of hydrogen-bond donors (Lipinski definition) is 1. The van der Waals surface area contributed by atoms with Gasteiger partial charge in [0.05, 0.1) is 18.5 Å². The van der Waals surface area contributed by atoms with Crippen LogP contribution >= 0.6 is 0 Å². The standard InChI is InChI=1S/C19H21N3O3/c1-13(2)12-24-18-9-8-15(11-20-18)21-19(23)16-10-17(25-22-16)14-6-4-3-5-7-14/h3-9,11,13,17H,10,12H2,1-2H3,(H,21,23). The zero-order valence-corrected chi connectivity index (χ0v) is 14.3. The van der Waals surface area contributed by atoms with Crippen LogP contribution in [0, 0.1) is 5.92 Å². The van der Waals surface area contributed by atoms with E-state index in [2.05, 4.69) is 29.3 Å². The molecule has 6 nitrogen and oxygen atoms in total. The van der Waals surface area contributed by atoms with Gasteiger partial charge < -0.3 is 14.9 Å². The normalized spacial score (nSPS) is 16.3. The summed E-state index contributed by atoms with van der Waals surface area (Å²) in [5.41, 5.74) is 1.96. The van der Waals surface area contributed by atoms with E-state index in [1.807, 2.05) is 30.3 Å². The molecule has 1 unspecified atom stereocenters. The summed E-state index contributed by atoms with van der Waals surface area (Å²) in [4.78, 5) is 21.9. The first kappa shape index (κ1) is 17.0. The highest BCUT2D eigenvalue weighted by atomic mass is 16.6. The van der Waals surface area contributed by atoms with Gasteiger partial charge in [-0.1, -0.05) is 49.3 Å². The van der Waals surface area contributed by atoms with Crippen LogP contribution < -0.4 is 10.1 Å². The van der Waals surface area contributed by atoms with Crippen molar-refractivity contribution in [3.63, 3.8) is 0 Å². The van der Waals surface area contributed by atoms with Crippen LogP contribution in [-0.4, -0.2) is 23.2 Å². The first-order chi connectivity index (χ1) is 12.1. The Hall–Kier alpha value is -2.89. The summed E-state index contributed by atoms with van der Waals surface area (Å²) >= 11 is 0. The van der Waals surface area contributed by atoms with E-state index in [1.165, 1.54) is 0 Å². The molecule has 1 N–H and O–H groups in total. The highest BCUT2D eigenvalue weighted by molar-refractivity contribution is 6.43. The predicted molar refractivity (Wildman–Crippen MR) is 95.5 cm³/mol. The lowest BCUT2D eigenvalue weighted by atomic mass is 10.0. The third-order valence-electron chi connectivity index (χ3n) is 3.66. The minimum atomic E-state index is -0.281. The Morgan fingerprint density at radius 2 is 2.08 bits per heavy atom. The van der Waals surface area contributed by atoms with Gasteiger partial charge in [-0.2, -0.15) is 0 Å². The van der Waals surface area contributed by atoms with Crippen LogP contribution in [-0.2, 0) is 9.63 Å². The van der Waals surface area contributed by atoms with Gasteiger partial charge >= 0.3 is 0 Å². The van der Waals surface area contributed by atoms with Crippen LogP contribution in [0.5, 0.6) is 5.88 Å². The van der Waals surface area contributed by atoms with Crippen LogP contribution in [0.1, 0.15) is 31.9 Å². The maximum Gasteiger partial charge on any atom is 0.273 e. The number of nitrogens with one attached hydrogen (secondary N) is 1. The molecule has 1 aromatic heterocycles. The number of aromatic nitrogens is 1. The van der Waals surface area contributed by atoms with E-state index in [-0.39, 0.29) is 12.0 Å². The van der Waals surface area contributed by atoms with E-state index < -0.39 is 0 Å². The maximum absolute atomic E-state index is 12.3. The zero-order chi connectivity index (χ0) is 17.6. The smallest absolute Gasteiger partial charge is 0.273 e. The Labute approximate surface area is 146 Å². The highest BCUT2D eigenvalue weighted by Crippen LogP contribution is 2.27. The summed E-state index contributed by atoms with van der Waals surface area (Å²) in [7, 11) is 0. The van der Waals surface area contributed by atoms with Gasteiger partial charge in [0.1, 0.15) is 5.71 Å². The molecular formula is C19H21N3O3. The largest absolute Gasteiger partial charge is 0.477 e. The molecule has 2 heterocycles. The SMILES string of the molecule is CC(C)COc1ccc(NC(=O)C2=NOC(c3ccccc3)C2)cn1. The van der Waals surface area contributed by atoms with Crippen LogP contribution in [0.2, 0.25) is 0 Å². The Bertz CT molecular complexity index is 742. The molecule has 1 aromatic carbocycles. The van der Waals surface area contributed by atoms with Gasteiger partial charge in [-0.15, -0.1) is 0 Å². The summed E-state index contributed by atoms with van der Waals surface area (Å²) in [6.45, 7) is 4.75. The van der Waals surface area contributed by atoms with Crippen LogP contribution in [0.3, 0.4) is 0 Å². The maximum atomic E-state index is 12.3. The number of anilines is 1. The molecule has 0 aliphatic carbocycles. The Kier molecular flexibility index (Phi) is 5.28.